The second-order valence-corrected chi connectivity index (χ2v) is 7.48. The standard InChI is InChI=1S/C26H27NO6/c1-4-32-23-15-21(27-25(29)18-9-6-16(3)7-10-18)24(33-5-2)14-19(23)12-17-8-11-22(28)20(13-17)26(30)31/h6-11,13-15,28H,4-5,12H2,1-3H3,(H,27,29)(H,30,31). The molecule has 1 amide bonds. The van der Waals surface area contributed by atoms with E-state index < -0.39 is 5.97 Å². The highest BCUT2D eigenvalue weighted by molar-refractivity contribution is 6.05. The Morgan fingerprint density at radius 2 is 1.58 bits per heavy atom. The summed E-state index contributed by atoms with van der Waals surface area (Å²) >= 11 is 0. The number of carbonyl (C=O) groups excluding carboxylic acids is 1. The van der Waals surface area contributed by atoms with Gasteiger partial charge >= 0.3 is 5.97 Å². The third-order valence-electron chi connectivity index (χ3n) is 5.01. The van der Waals surface area contributed by atoms with Crippen LogP contribution in [0.15, 0.2) is 54.6 Å². The molecule has 0 spiro atoms. The number of aromatic carboxylic acids is 1. The van der Waals surface area contributed by atoms with E-state index in [0.717, 1.165) is 11.1 Å². The molecule has 0 bridgehead atoms. The molecule has 172 valence electrons. The topological polar surface area (TPSA) is 105 Å². The van der Waals surface area contributed by atoms with Crippen LogP contribution in [0.4, 0.5) is 5.69 Å². The summed E-state index contributed by atoms with van der Waals surface area (Å²) in [5.41, 5.74) is 3.34. The summed E-state index contributed by atoms with van der Waals surface area (Å²) in [4.78, 5) is 24.1. The molecule has 0 heterocycles. The first-order valence-electron chi connectivity index (χ1n) is 10.7. The van der Waals surface area contributed by atoms with Gasteiger partial charge in [-0.05, 0) is 56.7 Å². The highest BCUT2D eigenvalue weighted by Crippen LogP contribution is 2.35. The predicted molar refractivity (Wildman–Crippen MR) is 126 cm³/mol. The first kappa shape index (κ1) is 23.7. The normalized spacial score (nSPS) is 10.5. The van der Waals surface area contributed by atoms with Gasteiger partial charge in [-0.25, -0.2) is 4.79 Å². The molecule has 33 heavy (non-hydrogen) atoms. The smallest absolute Gasteiger partial charge is 0.339 e. The molecule has 0 fully saturated rings. The maximum Gasteiger partial charge on any atom is 0.339 e. The molecular weight excluding hydrogens is 422 g/mol. The van der Waals surface area contributed by atoms with Crippen molar-refractivity contribution in [2.45, 2.75) is 27.2 Å². The molecule has 3 aromatic carbocycles. The average molecular weight is 450 g/mol. The minimum absolute atomic E-state index is 0.169. The molecule has 0 saturated carbocycles. The zero-order valence-electron chi connectivity index (χ0n) is 18.8. The van der Waals surface area contributed by atoms with Crippen molar-refractivity contribution in [1.82, 2.24) is 0 Å². The van der Waals surface area contributed by atoms with Gasteiger partial charge in [0.15, 0.2) is 0 Å². The van der Waals surface area contributed by atoms with Gasteiger partial charge in [-0.1, -0.05) is 23.8 Å². The molecule has 0 saturated heterocycles. The number of rotatable bonds is 9. The number of carboxylic acid groups (broad SMARTS) is 1. The van der Waals surface area contributed by atoms with Crippen LogP contribution in [0.3, 0.4) is 0 Å². The minimum Gasteiger partial charge on any atom is -0.507 e. The summed E-state index contributed by atoms with van der Waals surface area (Å²) in [6, 6.07) is 15.2. The molecule has 7 heteroatoms. The summed E-state index contributed by atoms with van der Waals surface area (Å²) < 4.78 is 11.6. The molecule has 7 nitrogen and oxygen atoms in total. The number of phenols is 1. The Hall–Kier alpha value is -4.00. The van der Waals surface area contributed by atoms with E-state index in [1.165, 1.54) is 12.1 Å². The molecule has 3 rings (SSSR count). The largest absolute Gasteiger partial charge is 0.507 e. The number of nitrogens with one attached hydrogen (secondary N) is 1. The number of aryl methyl sites for hydroxylation is 1. The van der Waals surface area contributed by atoms with Gasteiger partial charge in [0.05, 0.1) is 18.9 Å². The van der Waals surface area contributed by atoms with Crippen LogP contribution in [0, 0.1) is 6.92 Å². The van der Waals surface area contributed by atoms with Crippen molar-refractivity contribution in [2.75, 3.05) is 18.5 Å². The van der Waals surface area contributed by atoms with Crippen LogP contribution in [0.5, 0.6) is 17.2 Å². The van der Waals surface area contributed by atoms with Crippen molar-refractivity contribution in [1.29, 1.82) is 0 Å². The van der Waals surface area contributed by atoms with Gasteiger partial charge in [0.1, 0.15) is 22.8 Å². The minimum atomic E-state index is -1.21. The Morgan fingerprint density at radius 3 is 2.21 bits per heavy atom. The fourth-order valence-corrected chi connectivity index (χ4v) is 3.39. The monoisotopic (exact) mass is 449 g/mol. The fourth-order valence-electron chi connectivity index (χ4n) is 3.39. The SMILES string of the molecule is CCOc1cc(NC(=O)c2ccc(C)cc2)c(OCC)cc1Cc1ccc(O)c(C(=O)O)c1. The van der Waals surface area contributed by atoms with E-state index in [1.54, 1.807) is 30.3 Å². The van der Waals surface area contributed by atoms with Crippen LogP contribution < -0.4 is 14.8 Å². The molecule has 3 aromatic rings. The Morgan fingerprint density at radius 1 is 0.909 bits per heavy atom. The number of benzene rings is 3. The third kappa shape index (κ3) is 5.83. The predicted octanol–water partition coefficient (Wildman–Crippen LogP) is 5.04. The Balaban J connectivity index is 1.97. The molecule has 3 N–H and O–H groups in total. The van der Waals surface area contributed by atoms with E-state index in [1.807, 2.05) is 32.9 Å². The van der Waals surface area contributed by atoms with E-state index in [-0.39, 0.29) is 17.2 Å². The van der Waals surface area contributed by atoms with Crippen molar-refractivity contribution in [3.05, 3.63) is 82.4 Å². The van der Waals surface area contributed by atoms with Crippen molar-refractivity contribution in [2.24, 2.45) is 0 Å². The molecule has 0 aliphatic heterocycles. The van der Waals surface area contributed by atoms with Crippen molar-refractivity contribution < 1.29 is 29.3 Å². The van der Waals surface area contributed by atoms with E-state index in [9.17, 15) is 19.8 Å². The maximum absolute atomic E-state index is 12.8. The summed E-state index contributed by atoms with van der Waals surface area (Å²) in [7, 11) is 0. The quantitative estimate of drug-likeness (QED) is 0.423. The zero-order chi connectivity index (χ0) is 24.0. The number of hydrogen-bond donors (Lipinski definition) is 3. The number of amides is 1. The lowest BCUT2D eigenvalue weighted by Gasteiger charge is -2.18. The van der Waals surface area contributed by atoms with Gasteiger partial charge in [-0.15, -0.1) is 0 Å². The molecular formula is C26H27NO6. The van der Waals surface area contributed by atoms with Gasteiger partial charge in [-0.2, -0.15) is 0 Å². The van der Waals surface area contributed by atoms with Crippen molar-refractivity contribution in [3.63, 3.8) is 0 Å². The van der Waals surface area contributed by atoms with Gasteiger partial charge in [0.25, 0.3) is 5.91 Å². The van der Waals surface area contributed by atoms with E-state index in [4.69, 9.17) is 9.47 Å². The zero-order valence-corrected chi connectivity index (χ0v) is 18.8. The summed E-state index contributed by atoms with van der Waals surface area (Å²) in [6.45, 7) is 6.45. The number of anilines is 1. The molecule has 0 radical (unpaired) electrons. The first-order chi connectivity index (χ1) is 15.8. The van der Waals surface area contributed by atoms with E-state index in [2.05, 4.69) is 5.32 Å². The molecule has 0 aliphatic carbocycles. The maximum atomic E-state index is 12.8. The second-order valence-electron chi connectivity index (χ2n) is 7.48. The van der Waals surface area contributed by atoms with Gasteiger partial charge in [0.2, 0.25) is 0 Å². The number of hydrogen-bond acceptors (Lipinski definition) is 5. The molecule has 0 aliphatic rings. The Bertz CT molecular complexity index is 1150. The Kier molecular flexibility index (Phi) is 7.56. The molecule has 0 atom stereocenters. The molecule has 0 aromatic heterocycles. The highest BCUT2D eigenvalue weighted by atomic mass is 16.5. The van der Waals surface area contributed by atoms with Crippen LogP contribution in [0.1, 0.15) is 51.3 Å². The van der Waals surface area contributed by atoms with Crippen LogP contribution in [0.2, 0.25) is 0 Å². The average Bonchev–Trinajstić information content (AvgIpc) is 2.78. The second kappa shape index (κ2) is 10.5. The van der Waals surface area contributed by atoms with Crippen LogP contribution in [-0.2, 0) is 6.42 Å². The highest BCUT2D eigenvalue weighted by Gasteiger charge is 2.17. The van der Waals surface area contributed by atoms with Gasteiger partial charge in [0, 0.05) is 23.6 Å². The van der Waals surface area contributed by atoms with Crippen LogP contribution >= 0.6 is 0 Å². The lowest BCUT2D eigenvalue weighted by Crippen LogP contribution is -2.13. The van der Waals surface area contributed by atoms with E-state index >= 15 is 0 Å². The van der Waals surface area contributed by atoms with Gasteiger partial charge < -0.3 is 25.0 Å². The van der Waals surface area contributed by atoms with Crippen LogP contribution in [0.25, 0.3) is 0 Å². The van der Waals surface area contributed by atoms with Crippen molar-refractivity contribution >= 4 is 17.6 Å². The summed E-state index contributed by atoms with van der Waals surface area (Å²) in [6.07, 6.45) is 0.349. The third-order valence-corrected chi connectivity index (χ3v) is 5.01. The van der Waals surface area contributed by atoms with Gasteiger partial charge in [-0.3, -0.25) is 4.79 Å². The van der Waals surface area contributed by atoms with Crippen LogP contribution in [-0.4, -0.2) is 35.3 Å². The first-order valence-corrected chi connectivity index (χ1v) is 10.7. The fraction of sp³-hybridized carbons (Fsp3) is 0.231. The number of aromatic hydroxyl groups is 1. The summed E-state index contributed by atoms with van der Waals surface area (Å²) in [5, 5.41) is 22.0. The van der Waals surface area contributed by atoms with E-state index in [0.29, 0.717) is 47.9 Å². The lowest BCUT2D eigenvalue weighted by molar-refractivity contribution is 0.0693. The lowest BCUT2D eigenvalue weighted by atomic mass is 10.0. The number of ether oxygens (including phenoxy) is 2. The van der Waals surface area contributed by atoms with Crippen molar-refractivity contribution in [3.8, 4) is 17.2 Å². The number of carboxylic acids is 1. The summed E-state index contributed by atoms with van der Waals surface area (Å²) in [5.74, 6) is -0.737. The molecule has 0 unspecified atom stereocenters. The Labute approximate surface area is 192 Å². The number of carbonyl (C=O) groups is 2.